The maximum atomic E-state index is 13.1. The summed E-state index contributed by atoms with van der Waals surface area (Å²) in [6.45, 7) is 2.39. The van der Waals surface area contributed by atoms with E-state index in [2.05, 4.69) is 10.2 Å². The maximum Gasteiger partial charge on any atom is 0.417 e. The Morgan fingerprint density at radius 3 is 2.68 bits per heavy atom. The number of hydrogen-bond acceptors (Lipinski definition) is 4. The molecule has 0 unspecified atom stereocenters. The zero-order chi connectivity index (χ0) is 20.1. The SMILES string of the molecule is C[C@H]1c2nnc(-c3ccco3)n2CCN1C(=O)c1cccc(C(F)(F)F)c1Cl. The maximum absolute atomic E-state index is 13.1. The predicted octanol–water partition coefficient (Wildman–Crippen LogP) is 4.43. The Hall–Kier alpha value is -2.81. The highest BCUT2D eigenvalue weighted by atomic mass is 35.5. The van der Waals surface area contributed by atoms with E-state index < -0.39 is 28.7 Å². The molecule has 28 heavy (non-hydrogen) atoms. The van der Waals surface area contributed by atoms with Gasteiger partial charge in [0.2, 0.25) is 0 Å². The third-order valence-corrected chi connectivity index (χ3v) is 5.13. The van der Waals surface area contributed by atoms with E-state index >= 15 is 0 Å². The molecule has 0 saturated heterocycles. The zero-order valence-corrected chi connectivity index (χ0v) is 15.3. The van der Waals surface area contributed by atoms with Crippen molar-refractivity contribution >= 4 is 17.5 Å². The van der Waals surface area contributed by atoms with Crippen LogP contribution in [0, 0.1) is 0 Å². The Bertz CT molecular complexity index is 1030. The number of amides is 1. The molecule has 0 radical (unpaired) electrons. The Morgan fingerprint density at radius 2 is 2.00 bits per heavy atom. The van der Waals surface area contributed by atoms with E-state index in [1.807, 2.05) is 4.57 Å². The second-order valence-corrected chi connectivity index (χ2v) is 6.73. The third-order valence-electron chi connectivity index (χ3n) is 4.72. The van der Waals surface area contributed by atoms with Crippen LogP contribution in [0.4, 0.5) is 13.2 Å². The van der Waals surface area contributed by atoms with E-state index in [9.17, 15) is 18.0 Å². The molecular weight excluding hydrogens is 397 g/mol. The van der Waals surface area contributed by atoms with Gasteiger partial charge in [0.15, 0.2) is 17.4 Å². The summed E-state index contributed by atoms with van der Waals surface area (Å²) in [5, 5.41) is 7.67. The van der Waals surface area contributed by atoms with Crippen LogP contribution >= 0.6 is 11.6 Å². The molecule has 146 valence electrons. The van der Waals surface area contributed by atoms with Crippen LogP contribution in [0.25, 0.3) is 11.6 Å². The molecule has 10 heteroatoms. The van der Waals surface area contributed by atoms with Gasteiger partial charge in [0.25, 0.3) is 5.91 Å². The van der Waals surface area contributed by atoms with Gasteiger partial charge >= 0.3 is 6.18 Å². The second-order valence-electron chi connectivity index (χ2n) is 6.35. The summed E-state index contributed by atoms with van der Waals surface area (Å²) in [6.07, 6.45) is -3.12. The van der Waals surface area contributed by atoms with Crippen LogP contribution in [-0.2, 0) is 12.7 Å². The first-order valence-electron chi connectivity index (χ1n) is 8.42. The number of nitrogens with zero attached hydrogens (tertiary/aromatic N) is 4. The first-order chi connectivity index (χ1) is 13.3. The molecule has 0 saturated carbocycles. The van der Waals surface area contributed by atoms with E-state index in [0.717, 1.165) is 6.07 Å². The van der Waals surface area contributed by atoms with Gasteiger partial charge in [-0.3, -0.25) is 4.79 Å². The molecule has 4 rings (SSSR count). The third kappa shape index (κ3) is 2.95. The molecule has 2 aromatic heterocycles. The standard InChI is InChI=1S/C18H14ClF3N4O2/c1-10-15-23-24-16(13-6-3-9-28-13)26(15)8-7-25(10)17(27)11-4-2-5-12(14(11)19)18(20,21)22/h2-6,9-10H,7-8H2,1H3/t10-/m0/s1. The molecule has 1 amide bonds. The van der Waals surface area contributed by atoms with Crippen molar-refractivity contribution in [2.24, 2.45) is 0 Å². The second kappa shape index (κ2) is 6.66. The Morgan fingerprint density at radius 1 is 1.21 bits per heavy atom. The molecule has 3 heterocycles. The lowest BCUT2D eigenvalue weighted by Gasteiger charge is -2.34. The average molecular weight is 411 g/mol. The fourth-order valence-corrected chi connectivity index (χ4v) is 3.64. The van der Waals surface area contributed by atoms with Crippen LogP contribution in [0.5, 0.6) is 0 Å². The summed E-state index contributed by atoms with van der Waals surface area (Å²) in [5.74, 6) is 1.02. The van der Waals surface area contributed by atoms with Gasteiger partial charge < -0.3 is 13.9 Å². The number of furan rings is 1. The van der Waals surface area contributed by atoms with Gasteiger partial charge in [0, 0.05) is 13.1 Å². The largest absolute Gasteiger partial charge is 0.461 e. The molecule has 1 aliphatic heterocycles. The number of benzene rings is 1. The van der Waals surface area contributed by atoms with Crippen LogP contribution < -0.4 is 0 Å². The summed E-state index contributed by atoms with van der Waals surface area (Å²) in [4.78, 5) is 14.4. The Labute approximate surface area is 162 Å². The summed E-state index contributed by atoms with van der Waals surface area (Å²) < 4.78 is 46.5. The molecule has 1 aromatic carbocycles. The first-order valence-corrected chi connectivity index (χ1v) is 8.80. The lowest BCUT2D eigenvalue weighted by Crippen LogP contribution is -2.41. The van der Waals surface area contributed by atoms with Crippen molar-refractivity contribution in [1.82, 2.24) is 19.7 Å². The minimum absolute atomic E-state index is 0.192. The van der Waals surface area contributed by atoms with Crippen molar-refractivity contribution in [3.05, 3.63) is 58.6 Å². The van der Waals surface area contributed by atoms with Gasteiger partial charge in [-0.25, -0.2) is 0 Å². The quantitative estimate of drug-likeness (QED) is 0.627. The fourth-order valence-electron chi connectivity index (χ4n) is 3.32. The van der Waals surface area contributed by atoms with Gasteiger partial charge in [0.1, 0.15) is 0 Å². The van der Waals surface area contributed by atoms with E-state index in [0.29, 0.717) is 24.0 Å². The Kier molecular flexibility index (Phi) is 4.41. The minimum Gasteiger partial charge on any atom is -0.461 e. The van der Waals surface area contributed by atoms with Crippen molar-refractivity contribution < 1.29 is 22.4 Å². The van der Waals surface area contributed by atoms with E-state index in [-0.39, 0.29) is 12.1 Å². The highest BCUT2D eigenvalue weighted by Crippen LogP contribution is 2.37. The zero-order valence-electron chi connectivity index (χ0n) is 14.6. The highest BCUT2D eigenvalue weighted by molar-refractivity contribution is 6.34. The van der Waals surface area contributed by atoms with Gasteiger partial charge in [-0.05, 0) is 31.2 Å². The van der Waals surface area contributed by atoms with Crippen LogP contribution in [0.2, 0.25) is 5.02 Å². The van der Waals surface area contributed by atoms with Crippen LogP contribution in [0.15, 0.2) is 41.0 Å². The predicted molar refractivity (Wildman–Crippen MR) is 93.6 cm³/mol. The number of hydrogen-bond donors (Lipinski definition) is 0. The number of rotatable bonds is 2. The molecule has 0 aliphatic carbocycles. The van der Waals surface area contributed by atoms with Crippen molar-refractivity contribution in [2.45, 2.75) is 25.7 Å². The molecular formula is C18H14ClF3N4O2. The summed E-state index contributed by atoms with van der Waals surface area (Å²) in [6, 6.07) is 6.30. The lowest BCUT2D eigenvalue weighted by molar-refractivity contribution is -0.137. The van der Waals surface area contributed by atoms with E-state index in [4.69, 9.17) is 16.0 Å². The number of fused-ring (bicyclic) bond motifs is 1. The summed E-state index contributed by atoms with van der Waals surface area (Å²) in [7, 11) is 0. The fraction of sp³-hybridized carbons (Fsp3) is 0.278. The molecule has 0 fully saturated rings. The van der Waals surface area contributed by atoms with Gasteiger partial charge in [0.05, 0.1) is 28.5 Å². The normalized spacial score (nSPS) is 16.9. The van der Waals surface area contributed by atoms with Crippen LogP contribution in [0.3, 0.4) is 0 Å². The van der Waals surface area contributed by atoms with E-state index in [1.165, 1.54) is 23.3 Å². The average Bonchev–Trinajstić information content (AvgIpc) is 3.30. The summed E-state index contributed by atoms with van der Waals surface area (Å²) in [5.41, 5.74) is -1.23. The van der Waals surface area contributed by atoms with Gasteiger partial charge in [-0.1, -0.05) is 17.7 Å². The van der Waals surface area contributed by atoms with Gasteiger partial charge in [-0.2, -0.15) is 13.2 Å². The number of aromatic nitrogens is 3. The van der Waals surface area contributed by atoms with Crippen molar-refractivity contribution in [3.63, 3.8) is 0 Å². The molecule has 0 bridgehead atoms. The Balaban J connectivity index is 1.67. The molecule has 3 aromatic rings. The first kappa shape index (κ1) is 18.5. The van der Waals surface area contributed by atoms with E-state index in [1.54, 1.807) is 19.1 Å². The van der Waals surface area contributed by atoms with Crippen LogP contribution in [0.1, 0.15) is 34.7 Å². The smallest absolute Gasteiger partial charge is 0.417 e. The van der Waals surface area contributed by atoms with Crippen molar-refractivity contribution in [2.75, 3.05) is 6.54 Å². The number of carbonyl (C=O) groups is 1. The minimum atomic E-state index is -4.64. The number of halogens is 4. The lowest BCUT2D eigenvalue weighted by atomic mass is 10.1. The van der Waals surface area contributed by atoms with Crippen molar-refractivity contribution in [3.8, 4) is 11.6 Å². The summed E-state index contributed by atoms with van der Waals surface area (Å²) >= 11 is 5.91. The number of alkyl halides is 3. The highest BCUT2D eigenvalue weighted by Gasteiger charge is 2.37. The van der Waals surface area contributed by atoms with Crippen LogP contribution in [-0.4, -0.2) is 32.1 Å². The van der Waals surface area contributed by atoms with Gasteiger partial charge in [-0.15, -0.1) is 10.2 Å². The monoisotopic (exact) mass is 410 g/mol. The van der Waals surface area contributed by atoms with Crippen molar-refractivity contribution in [1.29, 1.82) is 0 Å². The molecule has 0 spiro atoms. The number of carbonyl (C=O) groups excluding carboxylic acids is 1. The molecule has 0 N–H and O–H groups in total. The molecule has 1 aliphatic rings. The molecule has 6 nitrogen and oxygen atoms in total. The topological polar surface area (TPSA) is 64.2 Å². The molecule has 1 atom stereocenters.